The van der Waals surface area contributed by atoms with Gasteiger partial charge in [-0.3, -0.25) is 0 Å². The first-order valence-corrected chi connectivity index (χ1v) is 7.50. The zero-order chi connectivity index (χ0) is 14.8. The van der Waals surface area contributed by atoms with Crippen molar-refractivity contribution in [2.24, 2.45) is 0 Å². The topological polar surface area (TPSA) is 35.8 Å². The number of rotatable bonds is 3. The highest BCUT2D eigenvalue weighted by molar-refractivity contribution is 5.61. The molecule has 1 aliphatic carbocycles. The SMILES string of the molecule is Cc1cccc(C2CC(Nc3cccc(C)c3C#N)C2)c1. The van der Waals surface area contributed by atoms with Crippen molar-refractivity contribution in [3.8, 4) is 6.07 Å². The Balaban J connectivity index is 1.66. The number of hydrogen-bond donors (Lipinski definition) is 1. The van der Waals surface area contributed by atoms with E-state index in [1.54, 1.807) is 0 Å². The molecule has 2 aromatic carbocycles. The molecule has 0 bridgehead atoms. The lowest BCUT2D eigenvalue weighted by Gasteiger charge is -2.37. The minimum atomic E-state index is 0.476. The fourth-order valence-electron chi connectivity index (χ4n) is 3.09. The minimum Gasteiger partial charge on any atom is -0.381 e. The van der Waals surface area contributed by atoms with Gasteiger partial charge in [0.25, 0.3) is 0 Å². The maximum atomic E-state index is 9.27. The number of anilines is 1. The monoisotopic (exact) mass is 276 g/mol. The Kier molecular flexibility index (Phi) is 3.66. The lowest BCUT2D eigenvalue weighted by molar-refractivity contribution is 0.374. The summed E-state index contributed by atoms with van der Waals surface area (Å²) in [6.07, 6.45) is 2.28. The summed E-state index contributed by atoms with van der Waals surface area (Å²) in [5, 5.41) is 12.8. The van der Waals surface area contributed by atoms with Gasteiger partial charge in [-0.15, -0.1) is 0 Å². The molecular weight excluding hydrogens is 256 g/mol. The Morgan fingerprint density at radius 2 is 1.86 bits per heavy atom. The Bertz CT molecular complexity index is 691. The van der Waals surface area contributed by atoms with Crippen molar-refractivity contribution in [3.63, 3.8) is 0 Å². The maximum absolute atomic E-state index is 9.27. The molecule has 0 atom stereocenters. The highest BCUT2D eigenvalue weighted by Crippen LogP contribution is 2.39. The van der Waals surface area contributed by atoms with Crippen molar-refractivity contribution < 1.29 is 0 Å². The van der Waals surface area contributed by atoms with Crippen molar-refractivity contribution in [1.29, 1.82) is 5.26 Å². The van der Waals surface area contributed by atoms with Crippen molar-refractivity contribution in [2.45, 2.75) is 38.6 Å². The van der Waals surface area contributed by atoms with E-state index in [9.17, 15) is 5.26 Å². The quantitative estimate of drug-likeness (QED) is 0.893. The third kappa shape index (κ3) is 2.78. The smallest absolute Gasteiger partial charge is 0.102 e. The molecule has 1 aliphatic rings. The highest BCUT2D eigenvalue weighted by atomic mass is 14.9. The molecule has 2 heteroatoms. The molecule has 0 heterocycles. The number of nitrogens with zero attached hydrogens (tertiary/aromatic N) is 1. The second-order valence-electron chi connectivity index (χ2n) is 6.03. The van der Waals surface area contributed by atoms with E-state index in [4.69, 9.17) is 0 Å². The number of aryl methyl sites for hydroxylation is 2. The third-order valence-corrected chi connectivity index (χ3v) is 4.40. The van der Waals surface area contributed by atoms with Gasteiger partial charge >= 0.3 is 0 Å². The molecule has 106 valence electrons. The first-order chi connectivity index (χ1) is 10.2. The molecule has 0 spiro atoms. The van der Waals surface area contributed by atoms with E-state index in [2.05, 4.69) is 42.6 Å². The van der Waals surface area contributed by atoms with Gasteiger partial charge in [0.1, 0.15) is 6.07 Å². The second kappa shape index (κ2) is 5.61. The molecule has 21 heavy (non-hydrogen) atoms. The van der Waals surface area contributed by atoms with E-state index in [1.807, 2.05) is 25.1 Å². The number of nitrogens with one attached hydrogen (secondary N) is 1. The molecule has 1 fully saturated rings. The normalized spacial score (nSPS) is 20.4. The zero-order valence-corrected chi connectivity index (χ0v) is 12.6. The fourth-order valence-corrected chi connectivity index (χ4v) is 3.09. The summed E-state index contributed by atoms with van der Waals surface area (Å²) in [5.41, 5.74) is 5.56. The molecule has 0 unspecified atom stereocenters. The average Bonchev–Trinajstić information content (AvgIpc) is 2.42. The van der Waals surface area contributed by atoms with Gasteiger partial charge in [-0.25, -0.2) is 0 Å². The van der Waals surface area contributed by atoms with Gasteiger partial charge in [-0.05, 0) is 49.8 Å². The van der Waals surface area contributed by atoms with Gasteiger partial charge in [0.15, 0.2) is 0 Å². The summed E-state index contributed by atoms with van der Waals surface area (Å²) in [6, 6.07) is 17.6. The van der Waals surface area contributed by atoms with E-state index < -0.39 is 0 Å². The van der Waals surface area contributed by atoms with Crippen LogP contribution in [0.1, 0.15) is 41.0 Å². The van der Waals surface area contributed by atoms with Crippen LogP contribution in [0.5, 0.6) is 0 Å². The van der Waals surface area contributed by atoms with Crippen LogP contribution in [0.25, 0.3) is 0 Å². The van der Waals surface area contributed by atoms with Gasteiger partial charge < -0.3 is 5.32 Å². The van der Waals surface area contributed by atoms with Crippen LogP contribution < -0.4 is 5.32 Å². The van der Waals surface area contributed by atoms with Gasteiger partial charge in [0.2, 0.25) is 0 Å². The van der Waals surface area contributed by atoms with Crippen LogP contribution in [0, 0.1) is 25.2 Å². The van der Waals surface area contributed by atoms with E-state index >= 15 is 0 Å². The average molecular weight is 276 g/mol. The molecule has 0 aliphatic heterocycles. The first-order valence-electron chi connectivity index (χ1n) is 7.50. The summed E-state index contributed by atoms with van der Waals surface area (Å²) in [7, 11) is 0. The van der Waals surface area contributed by atoms with E-state index in [1.165, 1.54) is 11.1 Å². The van der Waals surface area contributed by atoms with Gasteiger partial charge in [-0.2, -0.15) is 5.26 Å². The summed E-state index contributed by atoms with van der Waals surface area (Å²) in [4.78, 5) is 0. The Morgan fingerprint density at radius 3 is 2.57 bits per heavy atom. The predicted molar refractivity (Wildman–Crippen MR) is 86.5 cm³/mol. The molecule has 1 N–H and O–H groups in total. The number of nitriles is 1. The molecule has 1 saturated carbocycles. The summed E-state index contributed by atoms with van der Waals surface area (Å²) < 4.78 is 0. The van der Waals surface area contributed by atoms with Crippen LogP contribution in [-0.4, -0.2) is 6.04 Å². The first kappa shape index (κ1) is 13.7. The van der Waals surface area contributed by atoms with Crippen molar-refractivity contribution in [3.05, 3.63) is 64.7 Å². The molecule has 0 amide bonds. The highest BCUT2D eigenvalue weighted by Gasteiger charge is 2.30. The van der Waals surface area contributed by atoms with Crippen LogP contribution in [0.3, 0.4) is 0 Å². The van der Waals surface area contributed by atoms with Crippen LogP contribution in [0.15, 0.2) is 42.5 Å². The molecule has 0 radical (unpaired) electrons. The number of benzene rings is 2. The van der Waals surface area contributed by atoms with Crippen LogP contribution in [-0.2, 0) is 0 Å². The van der Waals surface area contributed by atoms with Crippen molar-refractivity contribution in [1.82, 2.24) is 0 Å². The van der Waals surface area contributed by atoms with Crippen LogP contribution in [0.2, 0.25) is 0 Å². The molecule has 0 aromatic heterocycles. The van der Waals surface area contributed by atoms with E-state index in [0.717, 1.165) is 29.7 Å². The molecular formula is C19H20N2. The van der Waals surface area contributed by atoms with Gasteiger partial charge in [0, 0.05) is 6.04 Å². The van der Waals surface area contributed by atoms with E-state index in [0.29, 0.717) is 12.0 Å². The van der Waals surface area contributed by atoms with Gasteiger partial charge in [0.05, 0.1) is 11.3 Å². The largest absolute Gasteiger partial charge is 0.381 e. The fraction of sp³-hybridized carbons (Fsp3) is 0.316. The lowest BCUT2D eigenvalue weighted by Crippen LogP contribution is -2.34. The predicted octanol–water partition coefficient (Wildman–Crippen LogP) is 4.53. The summed E-state index contributed by atoms with van der Waals surface area (Å²) >= 11 is 0. The standard InChI is InChI=1S/C19H20N2/c1-13-5-3-7-15(9-13)16-10-17(11-16)21-19-8-4-6-14(2)18(19)12-20/h3-9,16-17,21H,10-11H2,1-2H3. The number of hydrogen-bond acceptors (Lipinski definition) is 2. The second-order valence-corrected chi connectivity index (χ2v) is 6.03. The van der Waals surface area contributed by atoms with Crippen LogP contribution >= 0.6 is 0 Å². The molecule has 2 aromatic rings. The molecule has 3 rings (SSSR count). The van der Waals surface area contributed by atoms with E-state index in [-0.39, 0.29) is 0 Å². The Labute approximate surface area is 126 Å². The lowest BCUT2D eigenvalue weighted by atomic mass is 9.75. The Morgan fingerprint density at radius 1 is 1.10 bits per heavy atom. The van der Waals surface area contributed by atoms with Crippen molar-refractivity contribution in [2.75, 3.05) is 5.32 Å². The zero-order valence-electron chi connectivity index (χ0n) is 12.6. The summed E-state index contributed by atoms with van der Waals surface area (Å²) in [5.74, 6) is 0.651. The van der Waals surface area contributed by atoms with Gasteiger partial charge in [-0.1, -0.05) is 42.0 Å². The third-order valence-electron chi connectivity index (χ3n) is 4.40. The minimum absolute atomic E-state index is 0.476. The van der Waals surface area contributed by atoms with Crippen LogP contribution in [0.4, 0.5) is 5.69 Å². The van der Waals surface area contributed by atoms with Crippen molar-refractivity contribution >= 4 is 5.69 Å². The Hall–Kier alpha value is -2.27. The molecule has 0 saturated heterocycles. The molecule has 2 nitrogen and oxygen atoms in total. The summed E-state index contributed by atoms with van der Waals surface area (Å²) in [6.45, 7) is 4.13. The maximum Gasteiger partial charge on any atom is 0.102 e.